The Morgan fingerprint density at radius 2 is 1.88 bits per heavy atom. The third-order valence-electron chi connectivity index (χ3n) is 4.06. The average Bonchev–Trinajstić information content (AvgIpc) is 2.60. The van der Waals surface area contributed by atoms with E-state index >= 15 is 0 Å². The molecule has 138 valence electrons. The topological polar surface area (TPSA) is 81.5 Å². The van der Waals surface area contributed by atoms with E-state index < -0.39 is 4.92 Å². The number of nitrogens with one attached hydrogen (secondary N) is 1. The molecule has 2 aromatic carbocycles. The van der Waals surface area contributed by atoms with Crippen LogP contribution >= 0.6 is 0 Å². The van der Waals surface area contributed by atoms with E-state index in [1.165, 1.54) is 17.7 Å². The van der Waals surface area contributed by atoms with Gasteiger partial charge in [0.15, 0.2) is 0 Å². The van der Waals surface area contributed by atoms with Crippen LogP contribution in [0.3, 0.4) is 0 Å². The fourth-order valence-electron chi connectivity index (χ4n) is 2.49. The molecule has 0 radical (unpaired) electrons. The van der Waals surface area contributed by atoms with Gasteiger partial charge in [-0.3, -0.25) is 14.9 Å². The van der Waals surface area contributed by atoms with E-state index in [1.54, 1.807) is 13.0 Å². The molecule has 0 unspecified atom stereocenters. The Bertz CT molecular complexity index is 770. The van der Waals surface area contributed by atoms with E-state index in [1.807, 2.05) is 24.3 Å². The smallest absolute Gasteiger partial charge is 0.269 e. The summed E-state index contributed by atoms with van der Waals surface area (Å²) < 4.78 is 5.65. The molecule has 1 amide bonds. The number of hydrogen-bond donors (Lipinski definition) is 1. The van der Waals surface area contributed by atoms with Crippen LogP contribution in [0.2, 0.25) is 0 Å². The summed E-state index contributed by atoms with van der Waals surface area (Å²) in [5.41, 5.74) is 2.52. The number of carbonyl (C=O) groups excluding carboxylic acids is 1. The van der Waals surface area contributed by atoms with Crippen molar-refractivity contribution in [2.75, 3.05) is 11.9 Å². The monoisotopic (exact) mass is 356 g/mol. The Morgan fingerprint density at radius 1 is 1.19 bits per heavy atom. The van der Waals surface area contributed by atoms with E-state index in [2.05, 4.69) is 19.2 Å². The van der Waals surface area contributed by atoms with Crippen molar-refractivity contribution in [3.8, 4) is 5.75 Å². The van der Waals surface area contributed by atoms with Crippen LogP contribution in [-0.2, 0) is 4.79 Å². The first-order valence-corrected chi connectivity index (χ1v) is 8.64. The number of amides is 1. The highest BCUT2D eigenvalue weighted by molar-refractivity contribution is 5.91. The number of hydrogen-bond acceptors (Lipinski definition) is 4. The van der Waals surface area contributed by atoms with Crippen molar-refractivity contribution in [3.05, 3.63) is 63.7 Å². The molecule has 0 saturated heterocycles. The number of rotatable bonds is 8. The number of non-ortho nitro benzene ring substituents is 1. The highest BCUT2D eigenvalue weighted by atomic mass is 16.6. The van der Waals surface area contributed by atoms with Crippen molar-refractivity contribution < 1.29 is 14.5 Å². The van der Waals surface area contributed by atoms with Crippen LogP contribution in [0.4, 0.5) is 11.4 Å². The second-order valence-corrected chi connectivity index (χ2v) is 6.48. The van der Waals surface area contributed by atoms with Crippen LogP contribution in [0.25, 0.3) is 0 Å². The average molecular weight is 356 g/mol. The van der Waals surface area contributed by atoms with Gasteiger partial charge in [-0.2, -0.15) is 0 Å². The molecule has 0 bridgehead atoms. The molecule has 0 fully saturated rings. The molecule has 0 aliphatic carbocycles. The summed E-state index contributed by atoms with van der Waals surface area (Å²) in [4.78, 5) is 22.3. The van der Waals surface area contributed by atoms with Gasteiger partial charge in [-0.05, 0) is 48.6 Å². The number of carbonyl (C=O) groups is 1. The van der Waals surface area contributed by atoms with Crippen molar-refractivity contribution in [3.63, 3.8) is 0 Å². The van der Waals surface area contributed by atoms with Crippen LogP contribution < -0.4 is 10.1 Å². The standard InChI is InChI=1S/C20H24N2O4/c1-14(2)16-6-9-18(10-7-16)26-12-4-5-20(23)21-19-11-8-17(22(24)25)13-15(19)3/h6-11,13-14H,4-5,12H2,1-3H3,(H,21,23). The molecule has 0 aromatic heterocycles. The molecule has 0 spiro atoms. The maximum absolute atomic E-state index is 12.0. The minimum atomic E-state index is -0.455. The first kappa shape index (κ1) is 19.4. The first-order valence-electron chi connectivity index (χ1n) is 8.64. The van der Waals surface area contributed by atoms with Crippen LogP contribution in [0, 0.1) is 17.0 Å². The van der Waals surface area contributed by atoms with Crippen molar-refractivity contribution >= 4 is 17.3 Å². The highest BCUT2D eigenvalue weighted by Gasteiger charge is 2.10. The van der Waals surface area contributed by atoms with Gasteiger partial charge in [0.25, 0.3) is 5.69 Å². The maximum atomic E-state index is 12.0. The molecule has 0 atom stereocenters. The molecule has 2 rings (SSSR count). The van der Waals surface area contributed by atoms with Gasteiger partial charge in [0.05, 0.1) is 11.5 Å². The van der Waals surface area contributed by atoms with Gasteiger partial charge in [-0.25, -0.2) is 0 Å². The van der Waals surface area contributed by atoms with Crippen LogP contribution in [-0.4, -0.2) is 17.4 Å². The van der Waals surface area contributed by atoms with Crippen molar-refractivity contribution in [1.29, 1.82) is 0 Å². The molecule has 6 heteroatoms. The largest absolute Gasteiger partial charge is 0.494 e. The fraction of sp³-hybridized carbons (Fsp3) is 0.350. The van der Waals surface area contributed by atoms with Gasteiger partial charge in [0, 0.05) is 24.2 Å². The Hall–Kier alpha value is -2.89. The molecule has 0 aliphatic heterocycles. The van der Waals surface area contributed by atoms with Gasteiger partial charge in [0.1, 0.15) is 5.75 Å². The zero-order valence-corrected chi connectivity index (χ0v) is 15.3. The van der Waals surface area contributed by atoms with Gasteiger partial charge >= 0.3 is 0 Å². The second kappa shape index (κ2) is 8.99. The number of nitro benzene ring substituents is 1. The number of nitro groups is 1. The predicted octanol–water partition coefficient (Wildman–Crippen LogP) is 4.82. The van der Waals surface area contributed by atoms with E-state index in [-0.39, 0.29) is 11.6 Å². The molecular weight excluding hydrogens is 332 g/mol. The Labute approximate surface area is 153 Å². The first-order chi connectivity index (χ1) is 12.4. The van der Waals surface area contributed by atoms with Crippen LogP contribution in [0.1, 0.15) is 43.7 Å². The van der Waals surface area contributed by atoms with Crippen LogP contribution in [0.5, 0.6) is 5.75 Å². The van der Waals surface area contributed by atoms with Crippen molar-refractivity contribution in [2.24, 2.45) is 0 Å². The molecule has 1 N–H and O–H groups in total. The fourth-order valence-corrected chi connectivity index (χ4v) is 2.49. The SMILES string of the molecule is Cc1cc([N+](=O)[O-])ccc1NC(=O)CCCOc1ccc(C(C)C)cc1. The molecule has 26 heavy (non-hydrogen) atoms. The number of nitrogens with zero attached hydrogens (tertiary/aromatic N) is 1. The number of anilines is 1. The summed E-state index contributed by atoms with van der Waals surface area (Å²) in [6.45, 7) is 6.46. The summed E-state index contributed by atoms with van der Waals surface area (Å²) in [5, 5.41) is 13.5. The molecule has 0 aliphatic rings. The zero-order valence-electron chi connectivity index (χ0n) is 15.3. The third-order valence-corrected chi connectivity index (χ3v) is 4.06. The van der Waals surface area contributed by atoms with E-state index in [9.17, 15) is 14.9 Å². The van der Waals surface area contributed by atoms with Crippen LogP contribution in [0.15, 0.2) is 42.5 Å². The number of benzene rings is 2. The summed E-state index contributed by atoms with van der Waals surface area (Å²) in [7, 11) is 0. The Kier molecular flexibility index (Phi) is 6.72. The lowest BCUT2D eigenvalue weighted by molar-refractivity contribution is -0.384. The lowest BCUT2D eigenvalue weighted by Crippen LogP contribution is -2.13. The molecule has 6 nitrogen and oxygen atoms in total. The third kappa shape index (κ3) is 5.58. The Morgan fingerprint density at radius 3 is 2.46 bits per heavy atom. The minimum absolute atomic E-state index is 0.0115. The van der Waals surface area contributed by atoms with Crippen molar-refractivity contribution in [1.82, 2.24) is 0 Å². The minimum Gasteiger partial charge on any atom is -0.494 e. The van der Waals surface area contributed by atoms with Gasteiger partial charge in [-0.15, -0.1) is 0 Å². The van der Waals surface area contributed by atoms with Gasteiger partial charge in [0.2, 0.25) is 5.91 Å². The highest BCUT2D eigenvalue weighted by Crippen LogP contribution is 2.21. The Balaban J connectivity index is 1.76. The van der Waals surface area contributed by atoms with Gasteiger partial charge in [-0.1, -0.05) is 26.0 Å². The number of ether oxygens (including phenoxy) is 1. The van der Waals surface area contributed by atoms with Crippen molar-refractivity contribution in [2.45, 2.75) is 39.5 Å². The second-order valence-electron chi connectivity index (χ2n) is 6.48. The van der Waals surface area contributed by atoms with E-state index in [0.29, 0.717) is 36.6 Å². The normalized spacial score (nSPS) is 10.6. The van der Waals surface area contributed by atoms with E-state index in [4.69, 9.17) is 4.74 Å². The quantitative estimate of drug-likeness (QED) is 0.417. The number of aryl methyl sites for hydroxylation is 1. The summed E-state index contributed by atoms with van der Waals surface area (Å²) >= 11 is 0. The summed E-state index contributed by atoms with van der Waals surface area (Å²) in [6, 6.07) is 12.4. The lowest BCUT2D eigenvalue weighted by Gasteiger charge is -2.10. The van der Waals surface area contributed by atoms with Gasteiger partial charge < -0.3 is 10.1 Å². The molecule has 2 aromatic rings. The summed E-state index contributed by atoms with van der Waals surface area (Å²) in [6.07, 6.45) is 0.907. The maximum Gasteiger partial charge on any atom is 0.269 e. The zero-order chi connectivity index (χ0) is 19.1. The van der Waals surface area contributed by atoms with E-state index in [0.717, 1.165) is 5.75 Å². The predicted molar refractivity (Wildman–Crippen MR) is 102 cm³/mol. The summed E-state index contributed by atoms with van der Waals surface area (Å²) in [5.74, 6) is 1.14. The molecular formula is C20H24N2O4. The molecule has 0 saturated carbocycles. The lowest BCUT2D eigenvalue weighted by atomic mass is 10.0. The molecule has 0 heterocycles.